The molecule has 1 N–H and O–H groups in total. The Morgan fingerprint density at radius 3 is 2.33 bits per heavy atom. The molecule has 3 aromatic carbocycles. The van der Waals surface area contributed by atoms with Crippen LogP contribution in [0.15, 0.2) is 77.7 Å². The summed E-state index contributed by atoms with van der Waals surface area (Å²) in [7, 11) is -2.57. The molecule has 172 valence electrons. The minimum atomic E-state index is -4.05. The maximum Gasteiger partial charge on any atom is 0.338 e. The highest BCUT2D eigenvalue weighted by Gasteiger charge is 2.19. The number of hydrogen-bond donors (Lipinski definition) is 1. The summed E-state index contributed by atoms with van der Waals surface area (Å²) >= 11 is 0. The average Bonchev–Trinajstić information content (AvgIpc) is 2.78. The van der Waals surface area contributed by atoms with Crippen molar-refractivity contribution < 1.29 is 31.5 Å². The highest BCUT2D eigenvalue weighted by Crippen LogP contribution is 2.18. The molecule has 0 radical (unpaired) electrons. The number of nitrogens with one attached hydrogen (secondary N) is 1. The van der Waals surface area contributed by atoms with Crippen molar-refractivity contribution >= 4 is 27.6 Å². The zero-order valence-corrected chi connectivity index (χ0v) is 18.3. The van der Waals surface area contributed by atoms with Crippen molar-refractivity contribution in [3.8, 4) is 0 Å². The number of ether oxygens (including phenoxy) is 1. The third kappa shape index (κ3) is 6.59. The summed E-state index contributed by atoms with van der Waals surface area (Å²) in [5, 5.41) is 0. The van der Waals surface area contributed by atoms with Crippen LogP contribution in [0.3, 0.4) is 0 Å². The second-order valence-corrected chi connectivity index (χ2v) is 8.78. The van der Waals surface area contributed by atoms with Gasteiger partial charge in [-0.25, -0.2) is 22.0 Å². The number of sulfonamides is 1. The van der Waals surface area contributed by atoms with E-state index in [1.54, 1.807) is 6.07 Å². The van der Waals surface area contributed by atoms with Crippen molar-refractivity contribution in [2.75, 3.05) is 18.4 Å². The van der Waals surface area contributed by atoms with E-state index < -0.39 is 40.1 Å². The van der Waals surface area contributed by atoms with Gasteiger partial charge >= 0.3 is 5.97 Å². The molecule has 33 heavy (non-hydrogen) atoms. The molecule has 0 heterocycles. The lowest BCUT2D eigenvalue weighted by atomic mass is 10.2. The number of esters is 1. The van der Waals surface area contributed by atoms with Gasteiger partial charge in [-0.2, -0.15) is 0 Å². The van der Waals surface area contributed by atoms with Crippen molar-refractivity contribution in [2.45, 2.75) is 11.4 Å². The van der Waals surface area contributed by atoms with Crippen LogP contribution in [-0.4, -0.2) is 38.8 Å². The molecule has 0 saturated heterocycles. The zero-order chi connectivity index (χ0) is 24.0. The summed E-state index contributed by atoms with van der Waals surface area (Å²) in [6.45, 7) is -0.452. The van der Waals surface area contributed by atoms with Gasteiger partial charge in [0.05, 0.1) is 10.5 Å². The van der Waals surface area contributed by atoms with Gasteiger partial charge in [-0.15, -0.1) is 0 Å². The molecule has 0 spiro atoms. The fourth-order valence-electron chi connectivity index (χ4n) is 2.84. The van der Waals surface area contributed by atoms with Crippen LogP contribution >= 0.6 is 0 Å². The lowest BCUT2D eigenvalue weighted by Crippen LogP contribution is -2.30. The van der Waals surface area contributed by atoms with E-state index in [4.69, 9.17) is 4.74 Å². The van der Waals surface area contributed by atoms with Gasteiger partial charge in [0.15, 0.2) is 6.61 Å². The number of carbonyl (C=O) groups excluding carboxylic acids is 2. The SMILES string of the molecule is CN(Cc1cccc(F)c1)C(=O)COC(=O)c1cccc(S(=O)(=O)Nc2ccc(F)cc2)c1. The van der Waals surface area contributed by atoms with E-state index in [9.17, 15) is 26.8 Å². The Hall–Kier alpha value is -3.79. The maximum atomic E-state index is 13.3. The van der Waals surface area contributed by atoms with Gasteiger partial charge in [0.25, 0.3) is 15.9 Å². The molecule has 0 fully saturated rings. The first-order valence-electron chi connectivity index (χ1n) is 9.68. The molecule has 0 atom stereocenters. The Kier molecular flexibility index (Phi) is 7.39. The number of rotatable bonds is 8. The van der Waals surface area contributed by atoms with Crippen molar-refractivity contribution in [3.05, 3.63) is 95.6 Å². The summed E-state index contributed by atoms with van der Waals surface area (Å²) in [6.07, 6.45) is 0. The summed E-state index contributed by atoms with van der Waals surface area (Å²) in [4.78, 5) is 25.7. The van der Waals surface area contributed by atoms with Gasteiger partial charge in [0.2, 0.25) is 0 Å². The molecule has 3 rings (SSSR count). The molecule has 0 aliphatic heterocycles. The normalized spacial score (nSPS) is 11.0. The second kappa shape index (κ2) is 10.2. The van der Waals surface area contributed by atoms with Crippen molar-refractivity contribution in [1.29, 1.82) is 0 Å². The summed E-state index contributed by atoms with van der Waals surface area (Å²) in [5.41, 5.74) is 0.651. The minimum absolute atomic E-state index is 0.0717. The van der Waals surface area contributed by atoms with Gasteiger partial charge in [0.1, 0.15) is 11.6 Å². The number of nitrogens with zero attached hydrogens (tertiary/aromatic N) is 1. The van der Waals surface area contributed by atoms with Gasteiger partial charge in [-0.1, -0.05) is 18.2 Å². The van der Waals surface area contributed by atoms with Crippen molar-refractivity contribution in [3.63, 3.8) is 0 Å². The Morgan fingerprint density at radius 2 is 1.64 bits per heavy atom. The molecule has 0 saturated carbocycles. The predicted octanol–water partition coefficient (Wildman–Crippen LogP) is 3.58. The number of hydrogen-bond acceptors (Lipinski definition) is 5. The summed E-state index contributed by atoms with van der Waals surface area (Å²) < 4.78 is 58.7. The van der Waals surface area contributed by atoms with E-state index in [0.717, 1.165) is 18.2 Å². The Labute approximate surface area is 189 Å². The molecule has 0 aromatic heterocycles. The molecule has 7 nitrogen and oxygen atoms in total. The topological polar surface area (TPSA) is 92.8 Å². The quantitative estimate of drug-likeness (QED) is 0.504. The highest BCUT2D eigenvalue weighted by atomic mass is 32.2. The van der Waals surface area contributed by atoms with E-state index in [1.807, 2.05) is 0 Å². The van der Waals surface area contributed by atoms with Gasteiger partial charge < -0.3 is 9.64 Å². The fourth-order valence-corrected chi connectivity index (χ4v) is 3.94. The van der Waals surface area contributed by atoms with Gasteiger partial charge in [0, 0.05) is 19.3 Å². The predicted molar refractivity (Wildman–Crippen MR) is 117 cm³/mol. The van der Waals surface area contributed by atoms with Gasteiger partial charge in [-0.05, 0) is 60.2 Å². The molecule has 3 aromatic rings. The number of amides is 1. The van der Waals surface area contributed by atoms with Crippen LogP contribution in [0.1, 0.15) is 15.9 Å². The summed E-state index contributed by atoms with van der Waals surface area (Å²) in [6, 6.07) is 15.6. The van der Waals surface area contributed by atoms with Crippen LogP contribution in [0.25, 0.3) is 0 Å². The number of carbonyl (C=O) groups is 2. The van der Waals surface area contributed by atoms with E-state index in [2.05, 4.69) is 4.72 Å². The molecule has 0 aliphatic rings. The van der Waals surface area contributed by atoms with Crippen LogP contribution in [0.4, 0.5) is 14.5 Å². The van der Waals surface area contributed by atoms with Gasteiger partial charge in [-0.3, -0.25) is 9.52 Å². The van der Waals surface area contributed by atoms with Crippen molar-refractivity contribution in [1.82, 2.24) is 4.90 Å². The Bertz CT molecular complexity index is 1260. The molecular formula is C23H20F2N2O5S. The first-order chi connectivity index (χ1) is 15.6. The standard InChI is InChI=1S/C23H20F2N2O5S/c1-27(14-16-4-2-6-19(25)12-16)22(28)15-32-23(29)17-5-3-7-21(13-17)33(30,31)26-20-10-8-18(24)9-11-20/h2-13,26H,14-15H2,1H3. The van der Waals surface area contributed by atoms with E-state index in [-0.39, 0.29) is 22.7 Å². The lowest BCUT2D eigenvalue weighted by Gasteiger charge is -2.17. The third-order valence-electron chi connectivity index (χ3n) is 4.54. The van der Waals surface area contributed by atoms with Crippen LogP contribution in [0.2, 0.25) is 0 Å². The molecule has 0 unspecified atom stereocenters. The van der Waals surface area contributed by atoms with Crippen LogP contribution in [0, 0.1) is 11.6 Å². The number of halogens is 2. The second-order valence-electron chi connectivity index (χ2n) is 7.10. The fraction of sp³-hybridized carbons (Fsp3) is 0.130. The number of likely N-dealkylation sites (N-methyl/N-ethyl adjacent to an activating group) is 1. The van der Waals surface area contributed by atoms with E-state index in [1.165, 1.54) is 60.5 Å². The van der Waals surface area contributed by atoms with E-state index >= 15 is 0 Å². The Balaban J connectivity index is 1.61. The largest absolute Gasteiger partial charge is 0.452 e. The Morgan fingerprint density at radius 1 is 0.939 bits per heavy atom. The number of benzene rings is 3. The lowest BCUT2D eigenvalue weighted by molar-refractivity contribution is -0.133. The third-order valence-corrected chi connectivity index (χ3v) is 5.92. The molecule has 10 heteroatoms. The maximum absolute atomic E-state index is 13.3. The van der Waals surface area contributed by atoms with Crippen LogP contribution < -0.4 is 4.72 Å². The first-order valence-corrected chi connectivity index (χ1v) is 11.2. The highest BCUT2D eigenvalue weighted by molar-refractivity contribution is 7.92. The minimum Gasteiger partial charge on any atom is -0.452 e. The van der Waals surface area contributed by atoms with Crippen LogP contribution in [-0.2, 0) is 26.1 Å². The average molecular weight is 474 g/mol. The first kappa shape index (κ1) is 23.9. The zero-order valence-electron chi connectivity index (χ0n) is 17.5. The monoisotopic (exact) mass is 474 g/mol. The summed E-state index contributed by atoms with van der Waals surface area (Å²) in [5.74, 6) is -2.35. The molecule has 0 aliphatic carbocycles. The molecule has 1 amide bonds. The molecular weight excluding hydrogens is 454 g/mol. The van der Waals surface area contributed by atoms with E-state index in [0.29, 0.717) is 5.56 Å². The van der Waals surface area contributed by atoms with Crippen molar-refractivity contribution in [2.24, 2.45) is 0 Å². The smallest absolute Gasteiger partial charge is 0.338 e. The van der Waals surface area contributed by atoms with Crippen LogP contribution in [0.5, 0.6) is 0 Å². The molecule has 0 bridgehead atoms. The number of anilines is 1.